The van der Waals surface area contributed by atoms with Crippen molar-refractivity contribution in [3.8, 4) is 0 Å². The van der Waals surface area contributed by atoms with Crippen LogP contribution in [-0.2, 0) is 13.7 Å². The van der Waals surface area contributed by atoms with Crippen molar-refractivity contribution in [3.05, 3.63) is 0 Å². The Labute approximate surface area is 159 Å². The summed E-state index contributed by atoms with van der Waals surface area (Å²) in [5.41, 5.74) is 0. The predicted octanol–water partition coefficient (Wildman–Crippen LogP) is 0.954. The van der Waals surface area contributed by atoms with E-state index in [-0.39, 0.29) is 5.91 Å². The first-order chi connectivity index (χ1) is 12.5. The fourth-order valence-corrected chi connectivity index (χ4v) is 5.23. The van der Waals surface area contributed by atoms with Crippen LogP contribution in [0.15, 0.2) is 0 Å². The summed E-state index contributed by atoms with van der Waals surface area (Å²) >= 11 is 1.34. The van der Waals surface area contributed by atoms with Gasteiger partial charge in [0.15, 0.2) is 6.29 Å². The van der Waals surface area contributed by atoms with Gasteiger partial charge in [0.1, 0.15) is 24.4 Å². The van der Waals surface area contributed by atoms with E-state index in [1.165, 1.54) is 51.1 Å². The minimum absolute atomic E-state index is 0.340. The molecule has 1 aliphatic heterocycles. The first kappa shape index (κ1) is 20.4. The molecule has 6 unspecified atom stereocenters. The molecule has 150 valence electrons. The fraction of sp³-hybridized carbons (Fsp3) is 0.944. The summed E-state index contributed by atoms with van der Waals surface area (Å²) in [6.45, 7) is 0.909. The van der Waals surface area contributed by atoms with Crippen molar-refractivity contribution in [1.29, 1.82) is 0 Å². The average Bonchev–Trinajstić information content (AvgIpc) is 3.02. The molecule has 3 rings (SSSR count). The first-order valence-electron chi connectivity index (χ1n) is 9.69. The molecule has 7 nitrogen and oxygen atoms in total. The van der Waals surface area contributed by atoms with Crippen molar-refractivity contribution in [3.63, 3.8) is 0 Å². The lowest BCUT2D eigenvalue weighted by atomic mass is 9.78. The summed E-state index contributed by atoms with van der Waals surface area (Å²) in [4.78, 5) is 11.4. The minimum atomic E-state index is -1.28. The SMILES string of the molecule is CC(=O)NC1C(OSC2CCC(CC3CCC3)C2)OC(CO)[C@H](O)C1O. The topological polar surface area (TPSA) is 108 Å². The van der Waals surface area contributed by atoms with Gasteiger partial charge in [-0.15, -0.1) is 0 Å². The van der Waals surface area contributed by atoms with E-state index in [0.29, 0.717) is 5.25 Å². The van der Waals surface area contributed by atoms with Crippen molar-refractivity contribution in [2.45, 2.75) is 87.8 Å². The second-order valence-electron chi connectivity index (χ2n) is 7.96. The maximum atomic E-state index is 11.4. The van der Waals surface area contributed by atoms with Crippen molar-refractivity contribution >= 4 is 17.9 Å². The highest BCUT2D eigenvalue weighted by Crippen LogP contribution is 2.42. The molecule has 0 radical (unpaired) electrons. The van der Waals surface area contributed by atoms with Crippen LogP contribution in [-0.4, -0.2) is 63.7 Å². The monoisotopic (exact) mass is 389 g/mol. The molecule has 7 atom stereocenters. The van der Waals surface area contributed by atoms with E-state index in [1.54, 1.807) is 0 Å². The van der Waals surface area contributed by atoms with E-state index >= 15 is 0 Å². The number of nitrogens with one attached hydrogen (secondary N) is 1. The molecule has 0 aromatic carbocycles. The molecule has 2 saturated carbocycles. The summed E-state index contributed by atoms with van der Waals surface area (Å²) in [5.74, 6) is 1.34. The third-order valence-electron chi connectivity index (χ3n) is 5.92. The molecule has 3 aliphatic rings. The molecule has 26 heavy (non-hydrogen) atoms. The van der Waals surface area contributed by atoms with Gasteiger partial charge >= 0.3 is 0 Å². The highest BCUT2D eigenvalue weighted by molar-refractivity contribution is 7.95. The highest BCUT2D eigenvalue weighted by Gasteiger charge is 2.46. The summed E-state index contributed by atoms with van der Waals surface area (Å²) in [7, 11) is 0. The van der Waals surface area contributed by atoms with Crippen LogP contribution in [0.1, 0.15) is 51.9 Å². The van der Waals surface area contributed by atoms with E-state index < -0.39 is 37.3 Å². The molecule has 3 fully saturated rings. The summed E-state index contributed by atoms with van der Waals surface area (Å²) in [6.07, 6.45) is 4.50. The zero-order valence-electron chi connectivity index (χ0n) is 15.3. The largest absolute Gasteiger partial charge is 0.394 e. The van der Waals surface area contributed by atoms with Crippen LogP contribution in [0, 0.1) is 11.8 Å². The van der Waals surface area contributed by atoms with Gasteiger partial charge in [0.2, 0.25) is 5.91 Å². The Hall–Kier alpha value is -0.380. The van der Waals surface area contributed by atoms with Crippen LogP contribution in [0.5, 0.6) is 0 Å². The number of ether oxygens (including phenoxy) is 1. The van der Waals surface area contributed by atoms with Crippen LogP contribution in [0.4, 0.5) is 0 Å². The second kappa shape index (κ2) is 9.21. The number of rotatable bonds is 7. The molecule has 1 heterocycles. The highest BCUT2D eigenvalue weighted by atomic mass is 32.2. The number of hydrogen-bond donors (Lipinski definition) is 4. The van der Waals surface area contributed by atoms with Gasteiger partial charge in [-0.05, 0) is 49.6 Å². The lowest BCUT2D eigenvalue weighted by Crippen LogP contribution is -2.64. The van der Waals surface area contributed by atoms with Crippen LogP contribution in [0.25, 0.3) is 0 Å². The van der Waals surface area contributed by atoms with E-state index in [4.69, 9.17) is 8.92 Å². The quantitative estimate of drug-likeness (QED) is 0.480. The van der Waals surface area contributed by atoms with Gasteiger partial charge in [-0.2, -0.15) is 0 Å². The van der Waals surface area contributed by atoms with Crippen LogP contribution < -0.4 is 5.32 Å². The predicted molar refractivity (Wildman–Crippen MR) is 97.1 cm³/mol. The number of carbonyl (C=O) groups is 1. The van der Waals surface area contributed by atoms with Gasteiger partial charge in [-0.3, -0.25) is 8.98 Å². The molecule has 8 heteroatoms. The lowest BCUT2D eigenvalue weighted by molar-refractivity contribution is -0.241. The minimum Gasteiger partial charge on any atom is -0.394 e. The third kappa shape index (κ3) is 4.91. The van der Waals surface area contributed by atoms with Gasteiger partial charge < -0.3 is 25.4 Å². The maximum absolute atomic E-state index is 11.4. The number of amides is 1. The summed E-state index contributed by atoms with van der Waals surface area (Å²) < 4.78 is 11.4. The Kier molecular flexibility index (Phi) is 7.21. The van der Waals surface area contributed by atoms with Crippen molar-refractivity contribution < 1.29 is 29.0 Å². The Morgan fingerprint density at radius 3 is 2.58 bits per heavy atom. The average molecular weight is 390 g/mol. The third-order valence-corrected chi connectivity index (χ3v) is 6.92. The zero-order chi connectivity index (χ0) is 18.7. The molecule has 0 aromatic rings. The van der Waals surface area contributed by atoms with Crippen molar-refractivity contribution in [2.75, 3.05) is 6.61 Å². The fourth-order valence-electron chi connectivity index (χ4n) is 4.22. The van der Waals surface area contributed by atoms with E-state index in [9.17, 15) is 20.1 Å². The Bertz CT molecular complexity index is 477. The Morgan fingerprint density at radius 2 is 1.96 bits per heavy atom. The van der Waals surface area contributed by atoms with Gasteiger partial charge in [0, 0.05) is 12.2 Å². The van der Waals surface area contributed by atoms with E-state index in [1.807, 2.05) is 0 Å². The molecule has 2 aliphatic carbocycles. The lowest BCUT2D eigenvalue weighted by Gasteiger charge is -2.41. The maximum Gasteiger partial charge on any atom is 0.217 e. The van der Waals surface area contributed by atoms with Gasteiger partial charge in [0.05, 0.1) is 6.61 Å². The van der Waals surface area contributed by atoms with Gasteiger partial charge in [-0.1, -0.05) is 19.3 Å². The zero-order valence-corrected chi connectivity index (χ0v) is 16.1. The van der Waals surface area contributed by atoms with Crippen LogP contribution in [0.2, 0.25) is 0 Å². The van der Waals surface area contributed by atoms with Gasteiger partial charge in [-0.25, -0.2) is 0 Å². The molecule has 1 saturated heterocycles. The first-order valence-corrected chi connectivity index (χ1v) is 10.5. The Balaban J connectivity index is 1.51. The van der Waals surface area contributed by atoms with E-state index in [2.05, 4.69) is 5.32 Å². The summed E-state index contributed by atoms with van der Waals surface area (Å²) in [6, 6.07) is -0.870. The van der Waals surface area contributed by atoms with Crippen molar-refractivity contribution in [2.24, 2.45) is 11.8 Å². The number of carbonyl (C=O) groups excluding carboxylic acids is 1. The van der Waals surface area contributed by atoms with Crippen molar-refractivity contribution in [1.82, 2.24) is 5.32 Å². The molecule has 0 spiro atoms. The Morgan fingerprint density at radius 1 is 1.19 bits per heavy atom. The van der Waals surface area contributed by atoms with Crippen LogP contribution >= 0.6 is 12.0 Å². The summed E-state index contributed by atoms with van der Waals surface area (Å²) in [5, 5.41) is 32.6. The standard InChI is InChI=1S/C18H31NO6S/c1-10(21)19-15-17(23)16(22)14(9-20)24-18(15)25-26-13-6-5-12(8-13)7-11-3-2-4-11/h11-18,20,22-23H,2-9H2,1H3,(H,19,21)/t12?,13?,14?,15?,16-,17?,18?/m0/s1. The number of hydrogen-bond acceptors (Lipinski definition) is 7. The van der Waals surface area contributed by atoms with Crippen LogP contribution in [0.3, 0.4) is 0 Å². The second-order valence-corrected chi connectivity index (χ2v) is 9.01. The molecule has 1 amide bonds. The number of aliphatic hydroxyl groups is 3. The smallest absolute Gasteiger partial charge is 0.217 e. The molecule has 0 aromatic heterocycles. The molecular formula is C18H31NO6S. The van der Waals surface area contributed by atoms with E-state index in [0.717, 1.165) is 24.7 Å². The number of aliphatic hydroxyl groups excluding tert-OH is 3. The molecular weight excluding hydrogens is 358 g/mol. The molecule has 4 N–H and O–H groups in total. The normalized spacial score (nSPS) is 41.0. The van der Waals surface area contributed by atoms with Gasteiger partial charge in [0.25, 0.3) is 0 Å². The molecule has 0 bridgehead atoms.